The summed E-state index contributed by atoms with van der Waals surface area (Å²) in [5.74, 6) is 2.39. The molecular weight excluding hydrogens is 545 g/mol. The summed E-state index contributed by atoms with van der Waals surface area (Å²) >= 11 is 0. The van der Waals surface area contributed by atoms with Crippen molar-refractivity contribution in [3.63, 3.8) is 0 Å². The minimum atomic E-state index is -2.17. The van der Waals surface area contributed by atoms with E-state index in [0.717, 1.165) is 55.8 Å². The summed E-state index contributed by atoms with van der Waals surface area (Å²) in [4.78, 5) is 0. The van der Waals surface area contributed by atoms with E-state index in [4.69, 9.17) is 18.3 Å². The molecule has 0 amide bonds. The summed E-state index contributed by atoms with van der Waals surface area (Å²) < 4.78 is 26.0. The van der Waals surface area contributed by atoms with Crippen LogP contribution in [0.2, 0.25) is 36.3 Å². The Kier molecular flexibility index (Phi) is 8.28. The van der Waals surface area contributed by atoms with Gasteiger partial charge < -0.3 is 23.4 Å². The molecule has 0 fully saturated rings. The van der Waals surface area contributed by atoms with E-state index in [2.05, 4.69) is 92.9 Å². The van der Waals surface area contributed by atoms with Crippen molar-refractivity contribution in [1.29, 1.82) is 0 Å². The summed E-state index contributed by atoms with van der Waals surface area (Å²) in [6.45, 7) is 24.6. The van der Waals surface area contributed by atoms with Gasteiger partial charge in [-0.2, -0.15) is 0 Å². The minimum Gasteiger partial charge on any atom is -0.543 e. The molecule has 0 spiro atoms. The van der Waals surface area contributed by atoms with Gasteiger partial charge in [-0.05, 0) is 95.3 Å². The van der Waals surface area contributed by atoms with E-state index in [9.17, 15) is 5.11 Å². The Morgan fingerprint density at radius 1 is 0.829 bits per heavy atom. The third kappa shape index (κ3) is 5.58. The van der Waals surface area contributed by atoms with E-state index < -0.39 is 16.6 Å². The number of methoxy groups -OCH3 is 2. The van der Waals surface area contributed by atoms with E-state index in [-0.39, 0.29) is 22.8 Å². The Morgan fingerprint density at radius 2 is 1.41 bits per heavy atom. The lowest BCUT2D eigenvalue weighted by atomic mass is 9.78. The van der Waals surface area contributed by atoms with Gasteiger partial charge in [-0.25, -0.2) is 0 Å². The normalized spacial score (nSPS) is 15.9. The summed E-state index contributed by atoms with van der Waals surface area (Å²) in [7, 11) is -0.912. The smallest absolute Gasteiger partial charge is 0.250 e. The minimum absolute atomic E-state index is 0.0305. The third-order valence-electron chi connectivity index (χ3n) is 9.71. The first-order valence-electron chi connectivity index (χ1n) is 14.7. The van der Waals surface area contributed by atoms with Gasteiger partial charge in [-0.3, -0.25) is 0 Å². The number of ether oxygens (including phenoxy) is 2. The van der Waals surface area contributed by atoms with Crippen LogP contribution in [0.3, 0.4) is 0 Å². The predicted octanol–water partition coefficient (Wildman–Crippen LogP) is 9.33. The van der Waals surface area contributed by atoms with Crippen molar-refractivity contribution in [3.8, 4) is 28.4 Å². The fraction of sp³-hybridized carbons (Fsp3) is 0.529. The van der Waals surface area contributed by atoms with Crippen molar-refractivity contribution in [3.05, 3.63) is 52.6 Å². The number of benzene rings is 3. The number of aliphatic hydroxyl groups is 1. The average molecular weight is 595 g/mol. The van der Waals surface area contributed by atoms with Crippen LogP contribution in [0.25, 0.3) is 21.9 Å². The van der Waals surface area contributed by atoms with Crippen LogP contribution in [-0.4, -0.2) is 36.0 Å². The van der Waals surface area contributed by atoms with Crippen LogP contribution in [0.1, 0.15) is 69.9 Å². The lowest BCUT2D eigenvalue weighted by Gasteiger charge is -2.42. The summed E-state index contributed by atoms with van der Waals surface area (Å²) in [5.41, 5.74) is 6.34. The number of aliphatic hydroxyl groups excluding tert-OH is 1. The summed E-state index contributed by atoms with van der Waals surface area (Å²) in [6, 6.07) is 10.6. The maximum absolute atomic E-state index is 11.1. The highest BCUT2D eigenvalue weighted by Gasteiger charge is 2.43. The lowest BCUT2D eigenvalue weighted by molar-refractivity contribution is 0.178. The molecule has 0 bridgehead atoms. The second-order valence-electron chi connectivity index (χ2n) is 14.6. The van der Waals surface area contributed by atoms with Crippen molar-refractivity contribution in [2.24, 2.45) is 0 Å². The van der Waals surface area contributed by atoms with Gasteiger partial charge in [0.15, 0.2) is 8.32 Å². The van der Waals surface area contributed by atoms with Gasteiger partial charge in [0.2, 0.25) is 0 Å². The molecule has 4 rings (SSSR count). The molecule has 224 valence electrons. The van der Waals surface area contributed by atoms with Crippen LogP contribution < -0.4 is 13.9 Å². The fourth-order valence-electron chi connectivity index (χ4n) is 5.37. The van der Waals surface area contributed by atoms with Gasteiger partial charge in [0.1, 0.15) is 17.2 Å². The zero-order valence-corrected chi connectivity index (χ0v) is 29.5. The molecule has 0 saturated heterocycles. The van der Waals surface area contributed by atoms with E-state index in [1.54, 1.807) is 14.2 Å². The molecule has 0 radical (unpaired) electrons. The highest BCUT2D eigenvalue weighted by Crippen LogP contribution is 2.53. The molecule has 41 heavy (non-hydrogen) atoms. The van der Waals surface area contributed by atoms with Crippen LogP contribution >= 0.6 is 0 Å². The maximum atomic E-state index is 11.1. The van der Waals surface area contributed by atoms with Crippen molar-refractivity contribution < 1.29 is 23.4 Å². The largest absolute Gasteiger partial charge is 0.543 e. The second kappa shape index (κ2) is 10.7. The van der Waals surface area contributed by atoms with E-state index in [1.165, 1.54) is 5.56 Å². The molecule has 7 heteroatoms. The number of hydrogen-bond acceptors (Lipinski definition) is 5. The molecular formula is C34H50O5Si2. The van der Waals surface area contributed by atoms with Gasteiger partial charge >= 0.3 is 0 Å². The molecule has 1 aliphatic carbocycles. The molecule has 0 aromatic heterocycles. The molecule has 1 unspecified atom stereocenters. The number of aryl methyl sites for hydroxylation is 1. The number of hydrogen-bond donors (Lipinski definition) is 1. The van der Waals surface area contributed by atoms with Crippen molar-refractivity contribution in [1.82, 2.24) is 0 Å². The highest BCUT2D eigenvalue weighted by molar-refractivity contribution is 6.75. The van der Waals surface area contributed by atoms with Crippen molar-refractivity contribution in [2.75, 3.05) is 14.2 Å². The average Bonchev–Trinajstić information content (AvgIpc) is 2.85. The zero-order valence-electron chi connectivity index (χ0n) is 27.5. The molecule has 5 nitrogen and oxygen atoms in total. The first-order chi connectivity index (χ1) is 18.9. The van der Waals surface area contributed by atoms with Crippen molar-refractivity contribution in [2.45, 2.75) is 104 Å². The second-order valence-corrected chi connectivity index (χ2v) is 24.1. The summed E-state index contributed by atoms with van der Waals surface area (Å²) in [5, 5.41) is 13.0. The lowest BCUT2D eigenvalue weighted by Crippen LogP contribution is -2.44. The highest BCUT2D eigenvalue weighted by atomic mass is 28.4. The van der Waals surface area contributed by atoms with Crippen LogP contribution in [0.5, 0.6) is 17.2 Å². The first-order valence-corrected chi connectivity index (χ1v) is 20.5. The molecule has 1 aliphatic rings. The Morgan fingerprint density at radius 3 is 1.95 bits per heavy atom. The topological polar surface area (TPSA) is 57.2 Å². The van der Waals surface area contributed by atoms with Crippen LogP contribution in [0.4, 0.5) is 0 Å². The van der Waals surface area contributed by atoms with Gasteiger partial charge in [-0.15, -0.1) is 0 Å². The van der Waals surface area contributed by atoms with Crippen LogP contribution in [0.15, 0.2) is 30.3 Å². The van der Waals surface area contributed by atoms with Gasteiger partial charge in [-0.1, -0.05) is 47.6 Å². The molecule has 3 aromatic rings. The van der Waals surface area contributed by atoms with Crippen LogP contribution in [-0.2, 0) is 17.5 Å². The molecule has 1 atom stereocenters. The number of fused-ring (bicyclic) bond motifs is 4. The van der Waals surface area contributed by atoms with E-state index in [0.29, 0.717) is 6.42 Å². The summed E-state index contributed by atoms with van der Waals surface area (Å²) in [6.07, 6.45) is 0.513. The number of rotatable bonds is 7. The van der Waals surface area contributed by atoms with Crippen LogP contribution in [0, 0.1) is 6.92 Å². The fourth-order valence-corrected chi connectivity index (χ4v) is 7.67. The first kappa shape index (κ1) is 31.6. The molecule has 0 heterocycles. The standard InChI is InChI=1S/C34H50O5Si2/c1-21-16-22-18-29(39-41(12,13)34(5,6)7)32-24(30(22)28(17-21)37-9)19-23-26(38-40(10,11)33(2,3)4)14-15-27(36-8)31(23)25(32)20-35/h14-17,19,29,35H,18,20H2,1-13H3. The maximum Gasteiger partial charge on any atom is 0.250 e. The monoisotopic (exact) mass is 594 g/mol. The van der Waals surface area contributed by atoms with Gasteiger partial charge in [0.05, 0.1) is 26.9 Å². The van der Waals surface area contributed by atoms with Gasteiger partial charge in [0.25, 0.3) is 8.32 Å². The SMILES string of the molecule is COc1cc(C)cc2c1-c1cc3c(O[Si](C)(C)C(C)(C)C)ccc(OC)c3c(CO)c1C(O[Si](C)(C)C(C)(C)C)C2. The quantitative estimate of drug-likeness (QED) is 0.276. The molecule has 3 aromatic carbocycles. The Hall–Kier alpha value is -2.33. The Labute approximate surface area is 249 Å². The Bertz CT molecular complexity index is 1460. The van der Waals surface area contributed by atoms with E-state index >= 15 is 0 Å². The zero-order chi connectivity index (χ0) is 30.7. The molecule has 1 N–H and O–H groups in total. The predicted molar refractivity (Wildman–Crippen MR) is 176 cm³/mol. The molecule has 0 aliphatic heterocycles. The van der Waals surface area contributed by atoms with E-state index in [1.807, 2.05) is 12.1 Å². The molecule has 0 saturated carbocycles. The third-order valence-corrected chi connectivity index (χ3v) is 18.5. The van der Waals surface area contributed by atoms with Crippen molar-refractivity contribution >= 4 is 27.4 Å². The Balaban J connectivity index is 2.13. The van der Waals surface area contributed by atoms with Gasteiger partial charge in [0, 0.05) is 22.8 Å².